The third kappa shape index (κ3) is 3.46. The van der Waals surface area contributed by atoms with Gasteiger partial charge in [0.05, 0.1) is 12.7 Å². The number of fused-ring (bicyclic) bond motifs is 1. The Hall–Kier alpha value is -2.34. The standard InChI is InChI=1S/C20H25N3O3/c1-3-24-15-8-13(9-15)10-19-22-18(23-26-19)11-14-12-21-16-6-5-7-17(20(14)16)25-4-2/h5-7,12-13,15,21H,3-4,8-11H2,1-2H3. The normalized spacial score (nSPS) is 19.6. The number of hydrogen-bond acceptors (Lipinski definition) is 5. The predicted octanol–water partition coefficient (Wildman–Crippen LogP) is 3.90. The molecule has 138 valence electrons. The lowest BCUT2D eigenvalue weighted by molar-refractivity contribution is -0.0258. The molecule has 0 spiro atoms. The highest BCUT2D eigenvalue weighted by molar-refractivity contribution is 5.89. The van der Waals surface area contributed by atoms with Crippen molar-refractivity contribution in [2.75, 3.05) is 13.2 Å². The molecule has 3 aromatic rings. The molecule has 1 aliphatic carbocycles. The monoisotopic (exact) mass is 355 g/mol. The van der Waals surface area contributed by atoms with Crippen LogP contribution in [0.25, 0.3) is 10.9 Å². The molecule has 0 atom stereocenters. The van der Waals surface area contributed by atoms with Gasteiger partial charge in [0, 0.05) is 36.5 Å². The summed E-state index contributed by atoms with van der Waals surface area (Å²) >= 11 is 0. The molecule has 0 aliphatic heterocycles. The summed E-state index contributed by atoms with van der Waals surface area (Å²) in [6, 6.07) is 6.04. The molecular weight excluding hydrogens is 330 g/mol. The van der Waals surface area contributed by atoms with Crippen LogP contribution in [0.3, 0.4) is 0 Å². The van der Waals surface area contributed by atoms with E-state index in [1.54, 1.807) is 0 Å². The van der Waals surface area contributed by atoms with Gasteiger partial charge in [-0.15, -0.1) is 0 Å². The number of H-pyrrole nitrogens is 1. The topological polar surface area (TPSA) is 73.2 Å². The van der Waals surface area contributed by atoms with Crippen LogP contribution in [0.15, 0.2) is 28.9 Å². The van der Waals surface area contributed by atoms with Crippen LogP contribution in [0.1, 0.15) is 44.0 Å². The molecule has 1 N–H and O–H groups in total. The van der Waals surface area contributed by atoms with Gasteiger partial charge in [0.15, 0.2) is 5.82 Å². The molecule has 26 heavy (non-hydrogen) atoms. The van der Waals surface area contributed by atoms with Crippen LogP contribution in [0.5, 0.6) is 5.75 Å². The zero-order valence-corrected chi connectivity index (χ0v) is 15.3. The molecule has 4 rings (SSSR count). The molecule has 1 aromatic carbocycles. The Morgan fingerprint density at radius 2 is 2.12 bits per heavy atom. The second-order valence-electron chi connectivity index (χ2n) is 6.83. The largest absolute Gasteiger partial charge is 0.493 e. The van der Waals surface area contributed by atoms with Crippen molar-refractivity contribution >= 4 is 10.9 Å². The SMILES string of the molecule is CCOc1cccc2[nH]cc(Cc3noc(CC4CC(OCC)C4)n3)c12. The summed E-state index contributed by atoms with van der Waals surface area (Å²) in [6.45, 7) is 5.46. The van der Waals surface area contributed by atoms with Crippen molar-refractivity contribution in [2.45, 2.75) is 45.6 Å². The first-order valence-corrected chi connectivity index (χ1v) is 9.41. The van der Waals surface area contributed by atoms with E-state index in [-0.39, 0.29) is 0 Å². The fourth-order valence-electron chi connectivity index (χ4n) is 3.71. The minimum absolute atomic E-state index is 0.413. The highest BCUT2D eigenvalue weighted by atomic mass is 16.5. The molecule has 0 saturated heterocycles. The average Bonchev–Trinajstić information content (AvgIpc) is 3.22. The van der Waals surface area contributed by atoms with E-state index in [1.165, 1.54) is 0 Å². The summed E-state index contributed by atoms with van der Waals surface area (Å²) in [4.78, 5) is 7.89. The van der Waals surface area contributed by atoms with Crippen LogP contribution in [0, 0.1) is 5.92 Å². The molecule has 6 nitrogen and oxygen atoms in total. The van der Waals surface area contributed by atoms with E-state index in [4.69, 9.17) is 14.0 Å². The molecule has 2 heterocycles. The second kappa shape index (κ2) is 7.50. The van der Waals surface area contributed by atoms with E-state index in [9.17, 15) is 0 Å². The first-order chi connectivity index (χ1) is 12.8. The third-order valence-electron chi connectivity index (χ3n) is 4.97. The Morgan fingerprint density at radius 3 is 2.92 bits per heavy atom. The molecule has 0 radical (unpaired) electrons. The van der Waals surface area contributed by atoms with E-state index >= 15 is 0 Å². The Labute approximate surface area is 152 Å². The second-order valence-corrected chi connectivity index (χ2v) is 6.83. The van der Waals surface area contributed by atoms with Crippen LogP contribution in [0.4, 0.5) is 0 Å². The molecule has 1 saturated carbocycles. The highest BCUT2D eigenvalue weighted by Gasteiger charge is 2.31. The van der Waals surface area contributed by atoms with Gasteiger partial charge in [-0.3, -0.25) is 0 Å². The number of aromatic nitrogens is 3. The van der Waals surface area contributed by atoms with Gasteiger partial charge in [0.1, 0.15) is 5.75 Å². The summed E-state index contributed by atoms with van der Waals surface area (Å²) in [7, 11) is 0. The Bertz CT molecular complexity index is 864. The molecular formula is C20H25N3O3. The summed E-state index contributed by atoms with van der Waals surface area (Å²) < 4.78 is 16.8. The van der Waals surface area contributed by atoms with Gasteiger partial charge in [-0.05, 0) is 50.3 Å². The highest BCUT2D eigenvalue weighted by Crippen LogP contribution is 2.33. The summed E-state index contributed by atoms with van der Waals surface area (Å²) in [6.07, 6.45) is 6.06. The summed E-state index contributed by atoms with van der Waals surface area (Å²) in [5.74, 6) is 2.93. The third-order valence-corrected chi connectivity index (χ3v) is 4.97. The maximum Gasteiger partial charge on any atom is 0.226 e. The number of benzene rings is 1. The van der Waals surface area contributed by atoms with Gasteiger partial charge in [0.2, 0.25) is 5.89 Å². The van der Waals surface area contributed by atoms with Gasteiger partial charge >= 0.3 is 0 Å². The maximum absolute atomic E-state index is 5.77. The van der Waals surface area contributed by atoms with E-state index in [0.29, 0.717) is 30.9 Å². The van der Waals surface area contributed by atoms with Gasteiger partial charge < -0.3 is 19.0 Å². The van der Waals surface area contributed by atoms with Crippen LogP contribution < -0.4 is 4.74 Å². The molecule has 1 fully saturated rings. The zero-order chi connectivity index (χ0) is 17.9. The Balaban J connectivity index is 1.44. The number of rotatable bonds is 8. The van der Waals surface area contributed by atoms with Crippen LogP contribution in [-0.4, -0.2) is 34.4 Å². The molecule has 0 unspecified atom stereocenters. The Morgan fingerprint density at radius 1 is 1.23 bits per heavy atom. The maximum atomic E-state index is 5.77. The lowest BCUT2D eigenvalue weighted by Gasteiger charge is -2.33. The molecule has 2 aromatic heterocycles. The van der Waals surface area contributed by atoms with Crippen LogP contribution >= 0.6 is 0 Å². The first-order valence-electron chi connectivity index (χ1n) is 9.41. The number of ether oxygens (including phenoxy) is 2. The minimum atomic E-state index is 0.413. The van der Waals surface area contributed by atoms with Gasteiger partial charge in [0.25, 0.3) is 0 Å². The van der Waals surface area contributed by atoms with E-state index in [0.717, 1.165) is 54.0 Å². The van der Waals surface area contributed by atoms with Crippen molar-refractivity contribution in [1.82, 2.24) is 15.1 Å². The molecule has 0 amide bonds. The Kier molecular flexibility index (Phi) is 4.93. The van der Waals surface area contributed by atoms with E-state index in [2.05, 4.69) is 15.1 Å². The van der Waals surface area contributed by atoms with Crippen LogP contribution in [-0.2, 0) is 17.6 Å². The van der Waals surface area contributed by atoms with Gasteiger partial charge in [-0.1, -0.05) is 11.2 Å². The number of hydrogen-bond donors (Lipinski definition) is 1. The van der Waals surface area contributed by atoms with E-state index < -0.39 is 0 Å². The lowest BCUT2D eigenvalue weighted by atomic mass is 9.80. The van der Waals surface area contributed by atoms with Crippen molar-refractivity contribution in [3.05, 3.63) is 41.7 Å². The van der Waals surface area contributed by atoms with E-state index in [1.807, 2.05) is 38.2 Å². The van der Waals surface area contributed by atoms with Gasteiger partial charge in [-0.2, -0.15) is 4.98 Å². The molecule has 1 aliphatic rings. The average molecular weight is 355 g/mol. The van der Waals surface area contributed by atoms with Crippen molar-refractivity contribution in [1.29, 1.82) is 0 Å². The summed E-state index contributed by atoms with van der Waals surface area (Å²) in [5, 5.41) is 5.26. The van der Waals surface area contributed by atoms with Crippen molar-refractivity contribution < 1.29 is 14.0 Å². The summed E-state index contributed by atoms with van der Waals surface area (Å²) in [5.41, 5.74) is 2.18. The fourth-order valence-corrected chi connectivity index (χ4v) is 3.71. The lowest BCUT2D eigenvalue weighted by Crippen LogP contribution is -2.32. The number of nitrogens with one attached hydrogen (secondary N) is 1. The number of nitrogens with zero attached hydrogens (tertiary/aromatic N) is 2. The van der Waals surface area contributed by atoms with Crippen LogP contribution in [0.2, 0.25) is 0 Å². The minimum Gasteiger partial charge on any atom is -0.493 e. The number of aromatic amines is 1. The van der Waals surface area contributed by atoms with Gasteiger partial charge in [-0.25, -0.2) is 0 Å². The van der Waals surface area contributed by atoms with Crippen molar-refractivity contribution in [3.8, 4) is 5.75 Å². The fraction of sp³-hybridized carbons (Fsp3) is 0.500. The van der Waals surface area contributed by atoms with Crippen molar-refractivity contribution in [3.63, 3.8) is 0 Å². The zero-order valence-electron chi connectivity index (χ0n) is 15.3. The quantitative estimate of drug-likeness (QED) is 0.663. The predicted molar refractivity (Wildman–Crippen MR) is 98.4 cm³/mol. The molecule has 0 bridgehead atoms. The smallest absolute Gasteiger partial charge is 0.226 e. The van der Waals surface area contributed by atoms with Crippen molar-refractivity contribution in [2.24, 2.45) is 5.92 Å². The molecule has 6 heteroatoms. The first kappa shape index (κ1) is 17.1.